The lowest BCUT2D eigenvalue weighted by atomic mass is 10.0. The largest absolute Gasteiger partial charge is 0.275 e. The quantitative estimate of drug-likeness (QED) is 0.344. The van der Waals surface area contributed by atoms with E-state index in [1.54, 1.807) is 64.1 Å². The summed E-state index contributed by atoms with van der Waals surface area (Å²) in [6.45, 7) is 20.0. The zero-order valence-corrected chi connectivity index (χ0v) is 17.0. The molecule has 0 saturated heterocycles. The van der Waals surface area contributed by atoms with Crippen molar-refractivity contribution in [3.05, 3.63) is 113 Å². The first-order chi connectivity index (χ1) is 14.1. The second kappa shape index (κ2) is 10.9. The van der Waals surface area contributed by atoms with E-state index in [4.69, 9.17) is 13.1 Å². The van der Waals surface area contributed by atoms with Gasteiger partial charge in [0.25, 0.3) is 11.4 Å². The minimum Gasteiger partial charge on any atom is -0.258 e. The minimum atomic E-state index is -0.382. The summed E-state index contributed by atoms with van der Waals surface area (Å²) in [7, 11) is 0. The molecule has 0 heterocycles. The lowest BCUT2D eigenvalue weighted by Gasteiger charge is -2.02. The van der Waals surface area contributed by atoms with Gasteiger partial charge in [0.2, 0.25) is 0 Å². The third kappa shape index (κ3) is 6.39. The Hall–Kier alpha value is -4.30. The van der Waals surface area contributed by atoms with E-state index in [9.17, 15) is 20.2 Å². The fraction of sp³-hybridized carbons (Fsp3) is 0.182. The van der Waals surface area contributed by atoms with Crippen LogP contribution in [0.5, 0.6) is 0 Å². The molecule has 0 atom stereocenters. The first-order valence-corrected chi connectivity index (χ1v) is 8.69. The number of nitro groups is 2. The van der Waals surface area contributed by atoms with Crippen LogP contribution in [0.15, 0.2) is 36.7 Å². The van der Waals surface area contributed by atoms with Gasteiger partial charge in [-0.05, 0) is 63.1 Å². The summed E-state index contributed by atoms with van der Waals surface area (Å²) in [5, 5.41) is 21.4. The van der Waals surface area contributed by atoms with Crippen LogP contribution >= 0.6 is 0 Å². The first-order valence-electron chi connectivity index (χ1n) is 8.69. The summed E-state index contributed by atoms with van der Waals surface area (Å²) in [6, 6.07) is 6.80. The van der Waals surface area contributed by atoms with Crippen LogP contribution in [0, 0.1) is 61.1 Å². The summed E-state index contributed by atoms with van der Waals surface area (Å²) in [6.07, 6.45) is 5.94. The Balaban J connectivity index is 0.000000300. The van der Waals surface area contributed by atoms with Crippen molar-refractivity contribution in [3.63, 3.8) is 0 Å². The maximum atomic E-state index is 10.7. The Kier molecular flexibility index (Phi) is 8.61. The van der Waals surface area contributed by atoms with Gasteiger partial charge in [-0.1, -0.05) is 12.2 Å². The van der Waals surface area contributed by atoms with Gasteiger partial charge in [0.05, 0.1) is 23.0 Å². The van der Waals surface area contributed by atoms with Crippen LogP contribution in [0.4, 0.5) is 11.4 Å². The molecule has 2 aromatic rings. The Morgan fingerprint density at radius 1 is 0.700 bits per heavy atom. The zero-order chi connectivity index (χ0) is 22.8. The molecule has 152 valence electrons. The number of hydrogen-bond donors (Lipinski definition) is 0. The van der Waals surface area contributed by atoms with E-state index < -0.39 is 0 Å². The second-order valence-corrected chi connectivity index (χ2v) is 6.41. The number of nitrogens with zero attached hydrogens (tertiary/aromatic N) is 4. The maximum absolute atomic E-state index is 10.7. The fourth-order valence-corrected chi connectivity index (χ4v) is 2.99. The Morgan fingerprint density at radius 3 is 1.17 bits per heavy atom. The summed E-state index contributed by atoms with van der Waals surface area (Å²) in [4.78, 5) is 26.8. The molecule has 0 aromatic heterocycles. The third-order valence-corrected chi connectivity index (χ3v) is 4.07. The molecule has 0 saturated carbocycles. The molecule has 2 aromatic carbocycles. The van der Waals surface area contributed by atoms with Crippen molar-refractivity contribution in [2.75, 3.05) is 0 Å². The summed E-state index contributed by atoms with van der Waals surface area (Å²) in [5.41, 5.74) is 4.38. The summed E-state index contributed by atoms with van der Waals surface area (Å²) < 4.78 is 0. The highest BCUT2D eigenvalue weighted by atomic mass is 16.6. The third-order valence-electron chi connectivity index (χ3n) is 4.07. The van der Waals surface area contributed by atoms with E-state index in [1.807, 2.05) is 0 Å². The van der Waals surface area contributed by atoms with Gasteiger partial charge in [-0.25, -0.2) is 9.69 Å². The number of nitro benzene ring substituents is 2. The van der Waals surface area contributed by atoms with E-state index >= 15 is 0 Å². The molecule has 30 heavy (non-hydrogen) atoms. The van der Waals surface area contributed by atoms with Gasteiger partial charge in [0, 0.05) is 22.3 Å². The first kappa shape index (κ1) is 23.7. The smallest absolute Gasteiger partial charge is 0.258 e. The van der Waals surface area contributed by atoms with Gasteiger partial charge in [0.15, 0.2) is 12.4 Å². The highest BCUT2D eigenvalue weighted by Gasteiger charge is 2.15. The predicted molar refractivity (Wildman–Crippen MR) is 116 cm³/mol. The van der Waals surface area contributed by atoms with Crippen LogP contribution in [0.2, 0.25) is 0 Å². The molecule has 0 amide bonds. The van der Waals surface area contributed by atoms with E-state index in [1.165, 1.54) is 12.4 Å². The lowest BCUT2D eigenvalue weighted by Crippen LogP contribution is -1.95. The number of rotatable bonds is 4. The number of benzene rings is 2. The molecular formula is C22H20N4O4. The topological polar surface area (TPSA) is 95.0 Å². The SMILES string of the molecule is [C-]#[N+]/C=C/c1cc(C)c([N+](=O)[O-])c(C)c1.[C-]#[N+]/C=C\c1cc(C)c([N+](=O)[O-])c(C)c1. The summed E-state index contributed by atoms with van der Waals surface area (Å²) >= 11 is 0. The van der Waals surface area contributed by atoms with Crippen molar-refractivity contribution in [3.8, 4) is 0 Å². The van der Waals surface area contributed by atoms with E-state index in [0.717, 1.165) is 11.1 Å². The van der Waals surface area contributed by atoms with Crippen molar-refractivity contribution in [2.24, 2.45) is 0 Å². The van der Waals surface area contributed by atoms with Crippen LogP contribution in [0.1, 0.15) is 33.4 Å². The molecule has 0 bridgehead atoms. The van der Waals surface area contributed by atoms with E-state index in [-0.39, 0.29) is 21.2 Å². The van der Waals surface area contributed by atoms with E-state index in [2.05, 4.69) is 9.69 Å². The summed E-state index contributed by atoms with van der Waals surface area (Å²) in [5.74, 6) is 0. The molecule has 0 aliphatic heterocycles. The second-order valence-electron chi connectivity index (χ2n) is 6.41. The molecular weight excluding hydrogens is 384 g/mol. The van der Waals surface area contributed by atoms with Gasteiger partial charge < -0.3 is 0 Å². The fourth-order valence-electron chi connectivity index (χ4n) is 2.99. The van der Waals surface area contributed by atoms with Crippen LogP contribution in [-0.4, -0.2) is 9.85 Å². The van der Waals surface area contributed by atoms with Crippen LogP contribution in [0.3, 0.4) is 0 Å². The van der Waals surface area contributed by atoms with Crippen LogP contribution in [-0.2, 0) is 0 Å². The molecule has 0 spiro atoms. The minimum absolute atomic E-state index is 0.148. The average Bonchev–Trinajstić information content (AvgIpc) is 2.63. The number of hydrogen-bond acceptors (Lipinski definition) is 4. The molecule has 0 N–H and O–H groups in total. The molecule has 0 aliphatic carbocycles. The molecule has 0 fully saturated rings. The molecule has 0 radical (unpaired) electrons. The maximum Gasteiger partial charge on any atom is 0.275 e. The molecule has 0 unspecified atom stereocenters. The Bertz CT molecular complexity index is 983. The zero-order valence-electron chi connectivity index (χ0n) is 17.0. The molecule has 8 nitrogen and oxygen atoms in total. The van der Waals surface area contributed by atoms with Gasteiger partial charge in [0.1, 0.15) is 0 Å². The van der Waals surface area contributed by atoms with Crippen molar-refractivity contribution in [1.29, 1.82) is 0 Å². The van der Waals surface area contributed by atoms with E-state index in [0.29, 0.717) is 22.3 Å². The van der Waals surface area contributed by atoms with Gasteiger partial charge in [-0.3, -0.25) is 20.2 Å². The van der Waals surface area contributed by atoms with Crippen molar-refractivity contribution in [1.82, 2.24) is 0 Å². The van der Waals surface area contributed by atoms with Crippen molar-refractivity contribution in [2.45, 2.75) is 27.7 Å². The predicted octanol–water partition coefficient (Wildman–Crippen LogP) is 6.20. The van der Waals surface area contributed by atoms with Gasteiger partial charge >= 0.3 is 0 Å². The lowest BCUT2D eigenvalue weighted by molar-refractivity contribution is -0.386. The standard InChI is InChI=1S/2C11H10N2O2/c2*1-8-6-10(4-5-12-3)7-9(2)11(8)13(14)15/h2*4-7H,1-2H3/b5-4+;5-4-. The van der Waals surface area contributed by atoms with Crippen LogP contribution < -0.4 is 0 Å². The Morgan fingerprint density at radius 2 is 0.967 bits per heavy atom. The van der Waals surface area contributed by atoms with Gasteiger partial charge in [-0.15, -0.1) is 0 Å². The highest BCUT2D eigenvalue weighted by Crippen LogP contribution is 2.25. The average molecular weight is 404 g/mol. The van der Waals surface area contributed by atoms with Crippen LogP contribution in [0.25, 0.3) is 21.8 Å². The number of aryl methyl sites for hydroxylation is 4. The van der Waals surface area contributed by atoms with Gasteiger partial charge in [-0.2, -0.15) is 0 Å². The molecule has 8 heteroatoms. The van der Waals surface area contributed by atoms with Crippen molar-refractivity contribution >= 4 is 23.5 Å². The normalized spacial score (nSPS) is 10.2. The Labute approximate surface area is 174 Å². The molecule has 0 aliphatic rings. The molecule has 2 rings (SSSR count). The monoisotopic (exact) mass is 404 g/mol. The highest BCUT2D eigenvalue weighted by molar-refractivity contribution is 5.60. The van der Waals surface area contributed by atoms with Crippen molar-refractivity contribution < 1.29 is 9.85 Å².